The lowest BCUT2D eigenvalue weighted by Crippen LogP contribution is -2.51. The van der Waals surface area contributed by atoms with Gasteiger partial charge in [-0.3, -0.25) is 4.79 Å². The average Bonchev–Trinajstić information content (AvgIpc) is 2.16. The molecule has 96 valence electrons. The quantitative estimate of drug-likeness (QED) is 0.618. The highest BCUT2D eigenvalue weighted by Gasteiger charge is 2.22. The summed E-state index contributed by atoms with van der Waals surface area (Å²) in [6.45, 7) is 9.39. The highest BCUT2D eigenvalue weighted by molar-refractivity contribution is 5.81. The van der Waals surface area contributed by atoms with Gasteiger partial charge in [-0.15, -0.1) is 0 Å². The molecule has 0 rings (SSSR count). The van der Waals surface area contributed by atoms with Crippen molar-refractivity contribution < 1.29 is 9.53 Å². The van der Waals surface area contributed by atoms with Gasteiger partial charge in [-0.1, -0.05) is 13.3 Å². The normalized spacial score (nSPS) is 13.6. The standard InChI is InChI=1S/C12H26N2O2/c1-6-7-12(3,4)14-10(2)11(15)13-8-9-16-5/h10,14H,6-9H2,1-5H3,(H,13,15). The predicted octanol–water partition coefficient (Wildman–Crippen LogP) is 1.31. The number of hydrogen-bond donors (Lipinski definition) is 2. The highest BCUT2D eigenvalue weighted by atomic mass is 16.5. The Morgan fingerprint density at radius 1 is 1.44 bits per heavy atom. The number of ether oxygens (including phenoxy) is 1. The molecule has 16 heavy (non-hydrogen) atoms. The van der Waals surface area contributed by atoms with Gasteiger partial charge in [0.1, 0.15) is 0 Å². The second kappa shape index (κ2) is 7.63. The van der Waals surface area contributed by atoms with Gasteiger partial charge >= 0.3 is 0 Å². The van der Waals surface area contributed by atoms with Crippen molar-refractivity contribution in [2.24, 2.45) is 0 Å². The van der Waals surface area contributed by atoms with Crippen molar-refractivity contribution in [3.05, 3.63) is 0 Å². The molecule has 0 aliphatic heterocycles. The monoisotopic (exact) mass is 230 g/mol. The molecule has 0 bridgehead atoms. The van der Waals surface area contributed by atoms with E-state index >= 15 is 0 Å². The molecule has 0 saturated heterocycles. The number of amides is 1. The van der Waals surface area contributed by atoms with E-state index in [0.717, 1.165) is 12.8 Å². The molecule has 2 N–H and O–H groups in total. The first-order valence-electron chi connectivity index (χ1n) is 5.97. The van der Waals surface area contributed by atoms with E-state index in [1.54, 1.807) is 7.11 Å². The average molecular weight is 230 g/mol. The summed E-state index contributed by atoms with van der Waals surface area (Å²) in [7, 11) is 1.62. The largest absolute Gasteiger partial charge is 0.383 e. The van der Waals surface area contributed by atoms with Gasteiger partial charge in [0.05, 0.1) is 12.6 Å². The molecule has 0 aliphatic rings. The maximum absolute atomic E-state index is 11.7. The number of carbonyl (C=O) groups is 1. The van der Waals surface area contributed by atoms with Crippen LogP contribution >= 0.6 is 0 Å². The summed E-state index contributed by atoms with van der Waals surface area (Å²) in [5.74, 6) is 0.0289. The Labute approximate surface area is 99.1 Å². The summed E-state index contributed by atoms with van der Waals surface area (Å²) in [5.41, 5.74) is 0.00671. The Morgan fingerprint density at radius 2 is 2.06 bits per heavy atom. The summed E-state index contributed by atoms with van der Waals surface area (Å²) in [5, 5.41) is 6.15. The molecule has 0 saturated carbocycles. The Bertz CT molecular complexity index is 205. The summed E-state index contributed by atoms with van der Waals surface area (Å²) >= 11 is 0. The van der Waals surface area contributed by atoms with Crippen LogP contribution in [0, 0.1) is 0 Å². The van der Waals surface area contributed by atoms with Crippen molar-refractivity contribution in [1.82, 2.24) is 10.6 Å². The zero-order valence-electron chi connectivity index (χ0n) is 11.2. The SMILES string of the molecule is CCCC(C)(C)NC(C)C(=O)NCCOC. The molecule has 0 aromatic carbocycles. The molecular weight excluding hydrogens is 204 g/mol. The first-order valence-corrected chi connectivity index (χ1v) is 5.97. The zero-order chi connectivity index (χ0) is 12.6. The molecule has 0 heterocycles. The van der Waals surface area contributed by atoms with Gasteiger partial charge in [-0.25, -0.2) is 0 Å². The lowest BCUT2D eigenvalue weighted by atomic mass is 9.98. The molecular formula is C12H26N2O2. The van der Waals surface area contributed by atoms with Gasteiger partial charge in [0.15, 0.2) is 0 Å². The molecule has 1 amide bonds. The molecule has 4 heteroatoms. The first kappa shape index (κ1) is 15.4. The van der Waals surface area contributed by atoms with E-state index < -0.39 is 0 Å². The van der Waals surface area contributed by atoms with Crippen LogP contribution in [0.25, 0.3) is 0 Å². The summed E-state index contributed by atoms with van der Waals surface area (Å²) in [6, 6.07) is -0.168. The number of nitrogens with one attached hydrogen (secondary N) is 2. The Hall–Kier alpha value is -0.610. The molecule has 0 fully saturated rings. The van der Waals surface area contributed by atoms with E-state index in [9.17, 15) is 4.79 Å². The Morgan fingerprint density at radius 3 is 2.56 bits per heavy atom. The van der Waals surface area contributed by atoms with Crippen molar-refractivity contribution in [2.75, 3.05) is 20.3 Å². The fourth-order valence-electron chi connectivity index (χ4n) is 1.78. The fraction of sp³-hybridized carbons (Fsp3) is 0.917. The third kappa shape index (κ3) is 6.80. The minimum Gasteiger partial charge on any atom is -0.383 e. The van der Waals surface area contributed by atoms with Gasteiger partial charge in [0.2, 0.25) is 5.91 Å². The van der Waals surface area contributed by atoms with Crippen LogP contribution in [-0.4, -0.2) is 37.7 Å². The second-order valence-electron chi connectivity index (χ2n) is 4.78. The van der Waals surface area contributed by atoms with Crippen molar-refractivity contribution >= 4 is 5.91 Å². The van der Waals surface area contributed by atoms with Crippen molar-refractivity contribution in [3.63, 3.8) is 0 Å². The van der Waals surface area contributed by atoms with Crippen LogP contribution < -0.4 is 10.6 Å². The molecule has 1 unspecified atom stereocenters. The summed E-state index contributed by atoms with van der Waals surface area (Å²) in [6.07, 6.45) is 2.17. The van der Waals surface area contributed by atoms with Crippen LogP contribution in [0.1, 0.15) is 40.5 Å². The van der Waals surface area contributed by atoms with Gasteiger partial charge in [0.25, 0.3) is 0 Å². The Balaban J connectivity index is 3.94. The first-order chi connectivity index (χ1) is 7.43. The van der Waals surface area contributed by atoms with E-state index in [2.05, 4.69) is 31.4 Å². The number of methoxy groups -OCH3 is 1. The van der Waals surface area contributed by atoms with Crippen LogP contribution in [0.15, 0.2) is 0 Å². The number of rotatable bonds is 8. The molecule has 4 nitrogen and oxygen atoms in total. The van der Waals surface area contributed by atoms with Crippen LogP contribution in [0.4, 0.5) is 0 Å². The molecule has 0 spiro atoms. The lowest BCUT2D eigenvalue weighted by molar-refractivity contribution is -0.123. The van der Waals surface area contributed by atoms with E-state index in [1.165, 1.54) is 0 Å². The summed E-state index contributed by atoms with van der Waals surface area (Å²) < 4.78 is 4.88. The Kier molecular flexibility index (Phi) is 7.34. The molecule has 0 aromatic heterocycles. The topological polar surface area (TPSA) is 50.4 Å². The molecule has 0 aromatic rings. The fourth-order valence-corrected chi connectivity index (χ4v) is 1.78. The van der Waals surface area contributed by atoms with E-state index in [-0.39, 0.29) is 17.5 Å². The molecule has 0 aliphatic carbocycles. The molecule has 0 radical (unpaired) electrons. The minimum atomic E-state index is -0.168. The van der Waals surface area contributed by atoms with Crippen LogP contribution in [0.5, 0.6) is 0 Å². The third-order valence-corrected chi connectivity index (χ3v) is 2.48. The predicted molar refractivity (Wildman–Crippen MR) is 66.5 cm³/mol. The third-order valence-electron chi connectivity index (χ3n) is 2.48. The number of carbonyl (C=O) groups excluding carboxylic acids is 1. The van der Waals surface area contributed by atoms with Gasteiger partial charge in [-0.05, 0) is 27.2 Å². The van der Waals surface area contributed by atoms with E-state index in [1.807, 2.05) is 6.92 Å². The summed E-state index contributed by atoms with van der Waals surface area (Å²) in [4.78, 5) is 11.7. The van der Waals surface area contributed by atoms with Gasteiger partial charge < -0.3 is 15.4 Å². The van der Waals surface area contributed by atoms with Crippen LogP contribution in [0.3, 0.4) is 0 Å². The smallest absolute Gasteiger partial charge is 0.236 e. The number of hydrogen-bond acceptors (Lipinski definition) is 3. The van der Waals surface area contributed by atoms with E-state index in [0.29, 0.717) is 13.2 Å². The maximum atomic E-state index is 11.7. The van der Waals surface area contributed by atoms with Crippen molar-refractivity contribution in [3.8, 4) is 0 Å². The highest BCUT2D eigenvalue weighted by Crippen LogP contribution is 2.11. The zero-order valence-corrected chi connectivity index (χ0v) is 11.2. The lowest BCUT2D eigenvalue weighted by Gasteiger charge is -2.29. The maximum Gasteiger partial charge on any atom is 0.236 e. The van der Waals surface area contributed by atoms with Crippen LogP contribution in [0.2, 0.25) is 0 Å². The van der Waals surface area contributed by atoms with Crippen molar-refractivity contribution in [1.29, 1.82) is 0 Å². The van der Waals surface area contributed by atoms with Gasteiger partial charge in [-0.2, -0.15) is 0 Å². The van der Waals surface area contributed by atoms with E-state index in [4.69, 9.17) is 4.74 Å². The van der Waals surface area contributed by atoms with Crippen molar-refractivity contribution in [2.45, 2.75) is 52.1 Å². The van der Waals surface area contributed by atoms with Crippen LogP contribution in [-0.2, 0) is 9.53 Å². The second-order valence-corrected chi connectivity index (χ2v) is 4.78. The minimum absolute atomic E-state index is 0.00671. The molecule has 1 atom stereocenters. The van der Waals surface area contributed by atoms with Gasteiger partial charge in [0, 0.05) is 19.2 Å².